The average Bonchev–Trinajstić information content (AvgIpc) is 2.70. The van der Waals surface area contributed by atoms with Crippen LogP contribution in [0.3, 0.4) is 0 Å². The second-order valence-electron chi connectivity index (χ2n) is 5.78. The first-order valence-corrected chi connectivity index (χ1v) is 6.39. The maximum atomic E-state index is 4.56. The summed E-state index contributed by atoms with van der Waals surface area (Å²) in [5.41, 5.74) is 2.92. The van der Waals surface area contributed by atoms with Gasteiger partial charge < -0.3 is 5.32 Å². The summed E-state index contributed by atoms with van der Waals surface area (Å²) >= 11 is 0. The fourth-order valence-corrected chi connectivity index (χ4v) is 2.02. The molecule has 2 aromatic rings. The lowest BCUT2D eigenvalue weighted by Gasteiger charge is -2.17. The number of hydrogen-bond donors (Lipinski definition) is 1. The highest BCUT2D eigenvalue weighted by molar-refractivity contribution is 5.61. The van der Waals surface area contributed by atoms with Crippen LogP contribution in [-0.4, -0.2) is 26.8 Å². The molecule has 0 aromatic carbocycles. The lowest BCUT2D eigenvalue weighted by molar-refractivity contribution is 0.554. The first kappa shape index (κ1) is 13.5. The first-order chi connectivity index (χ1) is 8.81. The monoisotopic (exact) mass is 259 g/mol. The van der Waals surface area contributed by atoms with Crippen molar-refractivity contribution in [2.45, 2.75) is 33.1 Å². The largest absolute Gasteiger partial charge is 0.373 e. The number of anilines is 1. The Hall–Kier alpha value is -1.91. The zero-order chi connectivity index (χ0) is 14.2. The molecule has 1 N–H and O–H groups in total. The van der Waals surface area contributed by atoms with Gasteiger partial charge >= 0.3 is 0 Å². The molecule has 5 heteroatoms. The summed E-state index contributed by atoms with van der Waals surface area (Å²) in [5.74, 6) is 1.55. The quantitative estimate of drug-likeness (QED) is 0.900. The second-order valence-corrected chi connectivity index (χ2v) is 5.78. The van der Waals surface area contributed by atoms with Gasteiger partial charge in [-0.15, -0.1) is 0 Å². The van der Waals surface area contributed by atoms with E-state index in [0.717, 1.165) is 28.6 Å². The zero-order valence-electron chi connectivity index (χ0n) is 12.4. The van der Waals surface area contributed by atoms with Gasteiger partial charge in [-0.25, -0.2) is 9.97 Å². The Bertz CT molecular complexity index is 592. The molecule has 2 heterocycles. The minimum atomic E-state index is -0.0382. The number of hydrogen-bond acceptors (Lipinski definition) is 4. The zero-order valence-corrected chi connectivity index (χ0v) is 12.4. The molecule has 2 aromatic heterocycles. The molecule has 0 aliphatic carbocycles. The summed E-state index contributed by atoms with van der Waals surface area (Å²) < 4.78 is 1.82. The van der Waals surface area contributed by atoms with Gasteiger partial charge in [0, 0.05) is 37.5 Å². The molecule has 102 valence electrons. The van der Waals surface area contributed by atoms with E-state index in [0.29, 0.717) is 0 Å². The minimum absolute atomic E-state index is 0.0382. The molecule has 0 atom stereocenters. The van der Waals surface area contributed by atoms with Crippen molar-refractivity contribution in [1.82, 2.24) is 19.7 Å². The summed E-state index contributed by atoms with van der Waals surface area (Å²) in [5, 5.41) is 7.62. The summed E-state index contributed by atoms with van der Waals surface area (Å²) in [7, 11) is 3.78. The van der Waals surface area contributed by atoms with Crippen LogP contribution in [0.2, 0.25) is 0 Å². The van der Waals surface area contributed by atoms with Crippen molar-refractivity contribution in [3.05, 3.63) is 23.7 Å². The topological polar surface area (TPSA) is 55.6 Å². The minimum Gasteiger partial charge on any atom is -0.373 e. The van der Waals surface area contributed by atoms with Crippen molar-refractivity contribution >= 4 is 5.82 Å². The summed E-state index contributed by atoms with van der Waals surface area (Å²) in [6, 6.07) is 1.93. The summed E-state index contributed by atoms with van der Waals surface area (Å²) in [4.78, 5) is 9.07. The summed E-state index contributed by atoms with van der Waals surface area (Å²) in [6.07, 6.45) is 1.98. The Morgan fingerprint density at radius 3 is 2.47 bits per heavy atom. The third kappa shape index (κ3) is 2.75. The lowest BCUT2D eigenvalue weighted by Crippen LogP contribution is -2.14. The predicted molar refractivity (Wildman–Crippen MR) is 77.2 cm³/mol. The maximum Gasteiger partial charge on any atom is 0.165 e. The van der Waals surface area contributed by atoms with Crippen LogP contribution in [0.5, 0.6) is 0 Å². The van der Waals surface area contributed by atoms with Crippen LogP contribution in [0.1, 0.15) is 32.2 Å². The van der Waals surface area contributed by atoms with E-state index in [2.05, 4.69) is 41.2 Å². The number of rotatable bonds is 2. The van der Waals surface area contributed by atoms with E-state index >= 15 is 0 Å². The van der Waals surface area contributed by atoms with Crippen molar-refractivity contribution in [1.29, 1.82) is 0 Å². The third-order valence-corrected chi connectivity index (χ3v) is 2.89. The summed E-state index contributed by atoms with van der Waals surface area (Å²) in [6.45, 7) is 8.41. The number of nitrogens with zero attached hydrogens (tertiary/aromatic N) is 4. The normalized spacial score (nSPS) is 11.7. The molecule has 0 saturated heterocycles. The van der Waals surface area contributed by atoms with Crippen LogP contribution >= 0.6 is 0 Å². The smallest absolute Gasteiger partial charge is 0.165 e. The Morgan fingerprint density at radius 2 is 1.89 bits per heavy atom. The maximum absolute atomic E-state index is 4.56. The van der Waals surface area contributed by atoms with Crippen molar-refractivity contribution in [3.63, 3.8) is 0 Å². The molecule has 2 rings (SSSR count). The van der Waals surface area contributed by atoms with E-state index in [1.807, 2.05) is 38.0 Å². The molecule has 0 radical (unpaired) electrons. The molecule has 19 heavy (non-hydrogen) atoms. The highest BCUT2D eigenvalue weighted by Crippen LogP contribution is 2.30. The molecule has 0 spiro atoms. The van der Waals surface area contributed by atoms with E-state index < -0.39 is 0 Å². The van der Waals surface area contributed by atoms with Crippen molar-refractivity contribution in [2.24, 2.45) is 7.05 Å². The number of aryl methyl sites for hydroxylation is 2. The van der Waals surface area contributed by atoms with E-state index in [1.54, 1.807) is 0 Å². The molecule has 0 aliphatic rings. The molecular formula is C14H21N5. The van der Waals surface area contributed by atoms with Gasteiger partial charge in [0.25, 0.3) is 0 Å². The van der Waals surface area contributed by atoms with Crippen LogP contribution < -0.4 is 5.32 Å². The van der Waals surface area contributed by atoms with E-state index in [4.69, 9.17) is 0 Å². The predicted octanol–water partition coefficient (Wildman–Crippen LogP) is 2.52. The highest BCUT2D eigenvalue weighted by atomic mass is 15.3. The van der Waals surface area contributed by atoms with Crippen molar-refractivity contribution < 1.29 is 0 Å². The molecule has 0 aliphatic heterocycles. The fourth-order valence-electron chi connectivity index (χ4n) is 2.02. The molecule has 5 nitrogen and oxygen atoms in total. The highest BCUT2D eigenvalue weighted by Gasteiger charge is 2.24. The molecule has 0 saturated carbocycles. The van der Waals surface area contributed by atoms with Gasteiger partial charge in [-0.05, 0) is 6.92 Å². The first-order valence-electron chi connectivity index (χ1n) is 6.39. The van der Waals surface area contributed by atoms with Gasteiger partial charge in [0.05, 0.1) is 11.3 Å². The van der Waals surface area contributed by atoms with Crippen LogP contribution in [0.15, 0.2) is 12.3 Å². The van der Waals surface area contributed by atoms with Gasteiger partial charge in [0.2, 0.25) is 0 Å². The van der Waals surface area contributed by atoms with Crippen LogP contribution in [0, 0.1) is 6.92 Å². The molecular weight excluding hydrogens is 238 g/mol. The van der Waals surface area contributed by atoms with Crippen LogP contribution in [-0.2, 0) is 12.5 Å². The number of nitrogens with one attached hydrogen (secondary N) is 1. The van der Waals surface area contributed by atoms with E-state index in [9.17, 15) is 0 Å². The Morgan fingerprint density at radius 1 is 1.21 bits per heavy atom. The van der Waals surface area contributed by atoms with E-state index in [-0.39, 0.29) is 5.41 Å². The van der Waals surface area contributed by atoms with Gasteiger partial charge in [-0.1, -0.05) is 20.8 Å². The Balaban J connectivity index is 2.62. The Labute approximate surface area is 114 Å². The van der Waals surface area contributed by atoms with Gasteiger partial charge in [-0.2, -0.15) is 5.10 Å². The number of aromatic nitrogens is 4. The van der Waals surface area contributed by atoms with Gasteiger partial charge in [0.1, 0.15) is 5.82 Å². The molecule has 0 unspecified atom stereocenters. The van der Waals surface area contributed by atoms with Crippen molar-refractivity contribution in [2.75, 3.05) is 12.4 Å². The van der Waals surface area contributed by atoms with Crippen LogP contribution in [0.25, 0.3) is 11.4 Å². The van der Waals surface area contributed by atoms with E-state index in [1.165, 1.54) is 0 Å². The standard InChI is InChI=1S/C14H21N5/c1-9-7-11(15-5)17-13(16-9)10-8-19(6)18-12(10)14(2,3)4/h7-8H,1-6H3,(H,15,16,17). The Kier molecular flexibility index (Phi) is 3.30. The third-order valence-electron chi connectivity index (χ3n) is 2.89. The van der Waals surface area contributed by atoms with Crippen LogP contribution in [0.4, 0.5) is 5.82 Å². The average molecular weight is 259 g/mol. The van der Waals surface area contributed by atoms with Gasteiger partial charge in [0.15, 0.2) is 5.82 Å². The molecule has 0 amide bonds. The molecule has 0 bridgehead atoms. The van der Waals surface area contributed by atoms with Gasteiger partial charge in [-0.3, -0.25) is 4.68 Å². The second kappa shape index (κ2) is 4.64. The SMILES string of the molecule is CNc1cc(C)nc(-c2cn(C)nc2C(C)(C)C)n1. The lowest BCUT2D eigenvalue weighted by atomic mass is 9.89. The molecule has 0 fully saturated rings. The fraction of sp³-hybridized carbons (Fsp3) is 0.500. The van der Waals surface area contributed by atoms with Crippen molar-refractivity contribution in [3.8, 4) is 11.4 Å².